The Balaban J connectivity index is 1.95. The van der Waals surface area contributed by atoms with Crippen LogP contribution in [0.5, 0.6) is 5.75 Å². The molecule has 1 aliphatic rings. The smallest absolute Gasteiger partial charge is 0.407 e. The van der Waals surface area contributed by atoms with Gasteiger partial charge in [-0.1, -0.05) is 65.5 Å². The molecule has 240 valence electrons. The van der Waals surface area contributed by atoms with Crippen molar-refractivity contribution in [1.29, 1.82) is 0 Å². The highest BCUT2D eigenvalue weighted by Crippen LogP contribution is 2.42. The first kappa shape index (κ1) is 34.6. The summed E-state index contributed by atoms with van der Waals surface area (Å²) in [4.78, 5) is 41.8. The lowest BCUT2D eigenvalue weighted by Crippen LogP contribution is -2.57. The number of benzene rings is 2. The number of hydrogen-bond acceptors (Lipinski definition) is 7. The number of esters is 1. The number of allylic oxidation sites excluding steroid dienone is 1. The number of hydrogen-bond donors (Lipinski definition) is 1. The first-order valence-corrected chi connectivity index (χ1v) is 14.9. The van der Waals surface area contributed by atoms with Crippen molar-refractivity contribution in [2.75, 3.05) is 34.5 Å². The van der Waals surface area contributed by atoms with Crippen molar-refractivity contribution in [1.82, 2.24) is 10.2 Å². The van der Waals surface area contributed by atoms with E-state index in [-0.39, 0.29) is 25.0 Å². The minimum Gasteiger partial charge on any atom is -0.496 e. The fraction of sp³-hybridized carbons (Fsp3) is 0.514. The van der Waals surface area contributed by atoms with Crippen molar-refractivity contribution < 1.29 is 33.3 Å². The van der Waals surface area contributed by atoms with E-state index in [1.807, 2.05) is 71.0 Å². The Kier molecular flexibility index (Phi) is 10.9. The van der Waals surface area contributed by atoms with Crippen LogP contribution in [0.25, 0.3) is 16.8 Å². The third kappa shape index (κ3) is 7.62. The van der Waals surface area contributed by atoms with E-state index in [1.54, 1.807) is 20.3 Å². The second-order valence-electron chi connectivity index (χ2n) is 13.3. The van der Waals surface area contributed by atoms with Crippen molar-refractivity contribution in [2.24, 2.45) is 10.8 Å². The summed E-state index contributed by atoms with van der Waals surface area (Å²) >= 11 is 0. The topological polar surface area (TPSA) is 103 Å². The number of alkyl carbamates (subject to hydrolysis) is 1. The van der Waals surface area contributed by atoms with E-state index in [4.69, 9.17) is 18.9 Å². The number of carbonyl (C=O) groups excluding carboxylic acids is 3. The van der Waals surface area contributed by atoms with Gasteiger partial charge in [0, 0.05) is 19.1 Å². The summed E-state index contributed by atoms with van der Waals surface area (Å²) in [6.07, 6.45) is 4.64. The van der Waals surface area contributed by atoms with Gasteiger partial charge in [0.2, 0.25) is 5.91 Å². The Morgan fingerprint density at radius 1 is 1.07 bits per heavy atom. The van der Waals surface area contributed by atoms with Crippen LogP contribution in [0, 0.1) is 10.8 Å². The van der Waals surface area contributed by atoms with E-state index in [2.05, 4.69) is 18.5 Å². The van der Waals surface area contributed by atoms with Gasteiger partial charge in [-0.15, -0.1) is 6.58 Å². The van der Waals surface area contributed by atoms with Gasteiger partial charge in [0.05, 0.1) is 27.4 Å². The molecule has 0 bridgehead atoms. The summed E-state index contributed by atoms with van der Waals surface area (Å²) in [5, 5.41) is 4.68. The average molecular weight is 609 g/mol. The summed E-state index contributed by atoms with van der Waals surface area (Å²) in [5.74, 6) is -0.269. The molecule has 2 aromatic carbocycles. The van der Waals surface area contributed by atoms with E-state index in [1.165, 1.54) is 12.0 Å². The normalized spacial score (nSPS) is 19.3. The summed E-state index contributed by atoms with van der Waals surface area (Å²) in [5.41, 5.74) is -0.314. The molecule has 0 aliphatic carbocycles. The Morgan fingerprint density at radius 2 is 1.77 bits per heavy atom. The molecule has 1 N–H and O–H groups in total. The van der Waals surface area contributed by atoms with Gasteiger partial charge in [0.15, 0.2) is 0 Å². The predicted octanol–water partition coefficient (Wildman–Crippen LogP) is 6.24. The van der Waals surface area contributed by atoms with Crippen molar-refractivity contribution in [3.05, 3.63) is 60.7 Å². The average Bonchev–Trinajstić information content (AvgIpc) is 3.41. The molecular weight excluding hydrogens is 560 g/mol. The quantitative estimate of drug-likeness (QED) is 0.225. The van der Waals surface area contributed by atoms with Gasteiger partial charge in [0.1, 0.15) is 23.4 Å². The van der Waals surface area contributed by atoms with Gasteiger partial charge >= 0.3 is 12.1 Å². The Bertz CT molecular complexity index is 1390. The number of fused-ring (bicyclic) bond motifs is 1. The lowest BCUT2D eigenvalue weighted by atomic mass is 9.85. The van der Waals surface area contributed by atoms with Gasteiger partial charge in [-0.05, 0) is 58.2 Å². The first-order chi connectivity index (χ1) is 20.6. The first-order valence-electron chi connectivity index (χ1n) is 14.9. The molecule has 3 rings (SSSR count). The molecule has 1 heterocycles. The van der Waals surface area contributed by atoms with Crippen molar-refractivity contribution in [3.8, 4) is 5.75 Å². The van der Waals surface area contributed by atoms with E-state index >= 15 is 0 Å². The fourth-order valence-electron chi connectivity index (χ4n) is 5.64. The molecule has 1 fully saturated rings. The molecule has 9 heteroatoms. The van der Waals surface area contributed by atoms with Gasteiger partial charge in [-0.3, -0.25) is 4.79 Å². The third-order valence-corrected chi connectivity index (χ3v) is 8.40. The molecule has 2 amide bonds. The SMILES string of the molecule is C=CCCC(C)(C)COC(=O)N[C@H](C(=O)N1C[C@](OC)(c2ccc3cc(OC)c(C=C)cc3c2)C[C@H]1C(=O)OC)C(C)(C)C. The van der Waals surface area contributed by atoms with Gasteiger partial charge in [-0.2, -0.15) is 0 Å². The fourth-order valence-corrected chi connectivity index (χ4v) is 5.64. The second kappa shape index (κ2) is 13.8. The van der Waals surface area contributed by atoms with Gasteiger partial charge in [-0.25, -0.2) is 9.59 Å². The maximum absolute atomic E-state index is 14.3. The number of rotatable bonds is 12. The molecule has 0 unspecified atom stereocenters. The minimum absolute atomic E-state index is 0.0793. The summed E-state index contributed by atoms with van der Waals surface area (Å²) in [7, 11) is 4.48. The number of methoxy groups -OCH3 is 3. The van der Waals surface area contributed by atoms with Crippen LogP contribution in [0.2, 0.25) is 0 Å². The zero-order valence-electron chi connectivity index (χ0n) is 27.5. The van der Waals surface area contributed by atoms with Gasteiger partial charge < -0.3 is 29.2 Å². The standard InChI is InChI=1S/C35H48N2O7/c1-11-13-16-34(6,7)22-44-32(40)36-29(33(3,4)5)30(38)37-21-35(43-10,20-27(37)31(39)42-9)26-15-14-24-19-28(41-8)23(12-2)17-25(24)18-26/h11-12,14-15,17-19,27,29H,1-2,13,16,20-22H2,3-10H3,(H,36,40)/t27-,29+,35-/m0/s1. The Labute approximate surface area is 261 Å². The van der Waals surface area contributed by atoms with Crippen molar-refractivity contribution >= 4 is 34.8 Å². The third-order valence-electron chi connectivity index (χ3n) is 8.40. The van der Waals surface area contributed by atoms with E-state index in [0.29, 0.717) is 5.75 Å². The number of nitrogens with one attached hydrogen (secondary N) is 1. The molecule has 2 aromatic rings. The van der Waals surface area contributed by atoms with E-state index < -0.39 is 41.1 Å². The minimum atomic E-state index is -1.00. The maximum Gasteiger partial charge on any atom is 0.407 e. The Hall–Kier alpha value is -3.85. The predicted molar refractivity (Wildman–Crippen MR) is 172 cm³/mol. The van der Waals surface area contributed by atoms with E-state index in [0.717, 1.165) is 34.7 Å². The molecule has 0 aromatic heterocycles. The lowest BCUT2D eigenvalue weighted by Gasteiger charge is -2.35. The van der Waals surface area contributed by atoms with Crippen LogP contribution in [0.4, 0.5) is 4.79 Å². The zero-order valence-corrected chi connectivity index (χ0v) is 27.5. The highest BCUT2D eigenvalue weighted by Gasteiger charge is 2.53. The molecule has 1 aliphatic heterocycles. The largest absolute Gasteiger partial charge is 0.496 e. The molecule has 3 atom stereocenters. The second-order valence-corrected chi connectivity index (χ2v) is 13.3. The zero-order chi connectivity index (χ0) is 32.9. The monoisotopic (exact) mass is 608 g/mol. The number of nitrogens with zero attached hydrogens (tertiary/aromatic N) is 1. The molecule has 0 spiro atoms. The molecule has 44 heavy (non-hydrogen) atoms. The molecular formula is C35H48N2O7. The van der Waals surface area contributed by atoms with Crippen LogP contribution in [0.1, 0.15) is 65.0 Å². The highest BCUT2D eigenvalue weighted by molar-refractivity contribution is 5.92. The van der Waals surface area contributed by atoms with Crippen LogP contribution in [0.3, 0.4) is 0 Å². The van der Waals surface area contributed by atoms with Crippen LogP contribution < -0.4 is 10.1 Å². The van der Waals surface area contributed by atoms with Crippen LogP contribution in [-0.2, 0) is 29.4 Å². The molecule has 0 saturated carbocycles. The number of amides is 2. The summed E-state index contributed by atoms with van der Waals surface area (Å²) < 4.78 is 22.3. The van der Waals surface area contributed by atoms with Crippen LogP contribution in [-0.4, -0.2) is 69.4 Å². The summed E-state index contributed by atoms with van der Waals surface area (Å²) in [6, 6.07) is 7.91. The number of ether oxygens (including phenoxy) is 4. The maximum atomic E-state index is 14.3. The highest BCUT2D eigenvalue weighted by atomic mass is 16.5. The van der Waals surface area contributed by atoms with E-state index in [9.17, 15) is 14.4 Å². The molecule has 9 nitrogen and oxygen atoms in total. The van der Waals surface area contributed by atoms with Crippen LogP contribution >= 0.6 is 0 Å². The summed E-state index contributed by atoms with van der Waals surface area (Å²) in [6.45, 7) is 17.5. The van der Waals surface area contributed by atoms with Crippen LogP contribution in [0.15, 0.2) is 49.6 Å². The molecule has 1 saturated heterocycles. The van der Waals surface area contributed by atoms with Crippen molar-refractivity contribution in [3.63, 3.8) is 0 Å². The van der Waals surface area contributed by atoms with Gasteiger partial charge in [0.25, 0.3) is 0 Å². The lowest BCUT2D eigenvalue weighted by molar-refractivity contribution is -0.152. The number of likely N-dealkylation sites (tertiary alicyclic amines) is 1. The number of carbonyl (C=O) groups is 3. The molecule has 0 radical (unpaired) electrons. The Morgan fingerprint density at radius 3 is 2.34 bits per heavy atom. The van der Waals surface area contributed by atoms with Crippen molar-refractivity contribution in [2.45, 2.75) is 71.6 Å².